The van der Waals surface area contributed by atoms with Gasteiger partial charge < -0.3 is 10.3 Å². The molecule has 0 atom stereocenters. The molecule has 2 bridgehead atoms. The van der Waals surface area contributed by atoms with E-state index in [1.54, 1.807) is 11.3 Å². The predicted molar refractivity (Wildman–Crippen MR) is 76.4 cm³/mol. The minimum absolute atomic E-state index is 0.803. The molecule has 2 N–H and O–H groups in total. The van der Waals surface area contributed by atoms with Crippen LogP contribution in [0.2, 0.25) is 0 Å². The minimum Gasteiger partial charge on any atom is -0.378 e. The molecule has 0 spiro atoms. The fourth-order valence-electron chi connectivity index (χ4n) is 2.25. The number of benzene rings is 1. The van der Waals surface area contributed by atoms with Crippen LogP contribution in [0.4, 0.5) is 5.69 Å². The molecule has 0 radical (unpaired) electrons. The fourth-order valence-corrected chi connectivity index (χ4v) is 3.12. The average molecular weight is 253 g/mol. The van der Waals surface area contributed by atoms with Crippen LogP contribution in [-0.4, -0.2) is 9.97 Å². The van der Waals surface area contributed by atoms with Gasteiger partial charge in [-0.3, -0.25) is 4.98 Å². The molecule has 0 aliphatic carbocycles. The number of aromatic nitrogens is 2. The van der Waals surface area contributed by atoms with Gasteiger partial charge in [-0.15, -0.1) is 11.3 Å². The molecule has 4 heterocycles. The Morgan fingerprint density at radius 3 is 3.00 bits per heavy atom. The molecule has 2 aromatic heterocycles. The Labute approximate surface area is 108 Å². The second-order valence-corrected chi connectivity index (χ2v) is 5.23. The van der Waals surface area contributed by atoms with Crippen LogP contribution in [0.1, 0.15) is 5.69 Å². The third-order valence-electron chi connectivity index (χ3n) is 3.17. The summed E-state index contributed by atoms with van der Waals surface area (Å²) in [6.45, 7) is 0.803. The van der Waals surface area contributed by atoms with Crippen LogP contribution in [0.5, 0.6) is 0 Å². The van der Waals surface area contributed by atoms with Gasteiger partial charge in [0.25, 0.3) is 0 Å². The lowest BCUT2D eigenvalue weighted by Gasteiger charge is -2.06. The molecular weight excluding hydrogens is 242 g/mol. The maximum atomic E-state index is 4.42. The van der Waals surface area contributed by atoms with Gasteiger partial charge in [0.1, 0.15) is 4.83 Å². The summed E-state index contributed by atoms with van der Waals surface area (Å²) in [6.07, 6.45) is 1.90. The average Bonchev–Trinajstić information content (AvgIpc) is 2.80. The predicted octanol–water partition coefficient (Wildman–Crippen LogP) is 3.83. The highest BCUT2D eigenvalue weighted by Crippen LogP contribution is 2.28. The zero-order valence-corrected chi connectivity index (χ0v) is 10.4. The van der Waals surface area contributed by atoms with Crippen molar-refractivity contribution in [1.29, 1.82) is 0 Å². The largest absolute Gasteiger partial charge is 0.378 e. The van der Waals surface area contributed by atoms with Crippen molar-refractivity contribution in [3.05, 3.63) is 47.6 Å². The molecule has 18 heavy (non-hydrogen) atoms. The molecule has 0 unspecified atom stereocenters. The number of anilines is 1. The Bertz CT molecular complexity index is 799. The smallest absolute Gasteiger partial charge is 0.101 e. The number of para-hydroxylation sites is 1. The molecule has 1 aromatic carbocycles. The van der Waals surface area contributed by atoms with Crippen LogP contribution in [0, 0.1) is 0 Å². The molecule has 88 valence electrons. The van der Waals surface area contributed by atoms with E-state index in [0.29, 0.717) is 0 Å². The van der Waals surface area contributed by atoms with Crippen molar-refractivity contribution >= 4 is 38.1 Å². The van der Waals surface area contributed by atoms with E-state index in [2.05, 4.69) is 51.0 Å². The number of hydrogen-bond donors (Lipinski definition) is 2. The van der Waals surface area contributed by atoms with Crippen LogP contribution in [0.15, 0.2) is 41.9 Å². The van der Waals surface area contributed by atoms with Crippen molar-refractivity contribution in [1.82, 2.24) is 9.97 Å². The lowest BCUT2D eigenvalue weighted by molar-refractivity contribution is 1.02. The third kappa shape index (κ3) is 1.46. The zero-order chi connectivity index (χ0) is 11.9. The van der Waals surface area contributed by atoms with E-state index in [1.807, 2.05) is 6.20 Å². The summed E-state index contributed by atoms with van der Waals surface area (Å²) < 4.78 is 0. The van der Waals surface area contributed by atoms with Crippen molar-refractivity contribution < 1.29 is 0 Å². The lowest BCUT2D eigenvalue weighted by Crippen LogP contribution is -2.03. The van der Waals surface area contributed by atoms with Crippen LogP contribution >= 0.6 is 11.3 Å². The minimum atomic E-state index is 0.803. The summed E-state index contributed by atoms with van der Waals surface area (Å²) in [4.78, 5) is 9.08. The Morgan fingerprint density at radius 2 is 2.11 bits per heavy atom. The van der Waals surface area contributed by atoms with Crippen LogP contribution < -0.4 is 5.32 Å². The highest BCUT2D eigenvalue weighted by atomic mass is 32.1. The van der Waals surface area contributed by atoms with Crippen LogP contribution in [-0.2, 0) is 6.54 Å². The normalized spacial score (nSPS) is 12.7. The van der Waals surface area contributed by atoms with E-state index in [0.717, 1.165) is 17.9 Å². The maximum Gasteiger partial charge on any atom is 0.101 e. The molecule has 2 aliphatic rings. The number of nitrogens with zero attached hydrogens (tertiary/aromatic N) is 1. The lowest BCUT2D eigenvalue weighted by atomic mass is 10.2. The highest BCUT2D eigenvalue weighted by Gasteiger charge is 2.06. The monoisotopic (exact) mass is 253 g/mol. The van der Waals surface area contributed by atoms with Gasteiger partial charge in [-0.1, -0.05) is 18.2 Å². The van der Waals surface area contributed by atoms with E-state index >= 15 is 0 Å². The van der Waals surface area contributed by atoms with Gasteiger partial charge in [0, 0.05) is 21.7 Å². The van der Waals surface area contributed by atoms with Crippen molar-refractivity contribution in [2.75, 3.05) is 5.32 Å². The fraction of sp³-hybridized carbons (Fsp3) is 0.0714. The van der Waals surface area contributed by atoms with Gasteiger partial charge in [-0.05, 0) is 12.1 Å². The van der Waals surface area contributed by atoms with Gasteiger partial charge in [0.2, 0.25) is 0 Å². The summed E-state index contributed by atoms with van der Waals surface area (Å²) in [7, 11) is 0. The summed E-state index contributed by atoms with van der Waals surface area (Å²) in [6, 6.07) is 10.6. The molecule has 0 amide bonds. The van der Waals surface area contributed by atoms with E-state index in [1.165, 1.54) is 21.1 Å². The van der Waals surface area contributed by atoms with E-state index in [4.69, 9.17) is 0 Å². The zero-order valence-electron chi connectivity index (χ0n) is 9.60. The van der Waals surface area contributed by atoms with Crippen molar-refractivity contribution in [3.8, 4) is 0 Å². The first kappa shape index (κ1) is 9.91. The van der Waals surface area contributed by atoms with Gasteiger partial charge in [-0.2, -0.15) is 0 Å². The van der Waals surface area contributed by atoms with Crippen LogP contribution in [0.25, 0.3) is 21.1 Å². The van der Waals surface area contributed by atoms with Crippen molar-refractivity contribution in [2.45, 2.75) is 6.54 Å². The Kier molecular flexibility index (Phi) is 2.04. The summed E-state index contributed by atoms with van der Waals surface area (Å²) >= 11 is 1.71. The van der Waals surface area contributed by atoms with E-state index < -0.39 is 0 Å². The Morgan fingerprint density at radius 1 is 1.17 bits per heavy atom. The first-order chi connectivity index (χ1) is 8.90. The second kappa shape index (κ2) is 3.71. The molecule has 5 rings (SSSR count). The molecule has 0 saturated heterocycles. The number of hydrogen-bond acceptors (Lipinski definition) is 3. The summed E-state index contributed by atoms with van der Waals surface area (Å²) in [5.74, 6) is 0. The number of fused-ring (bicyclic) bond motifs is 4. The Balaban J connectivity index is 2.24. The standard InChI is InChI=1S/C14H11N3S/c1-2-4-13-11(3-1)12-5-9-6-16-10(7-15-9)8-18-14(12)17-13/h1-6,8,15,17H,7H2. The van der Waals surface area contributed by atoms with Gasteiger partial charge >= 0.3 is 0 Å². The second-order valence-electron chi connectivity index (χ2n) is 4.35. The number of rotatable bonds is 0. The van der Waals surface area contributed by atoms with E-state index in [-0.39, 0.29) is 0 Å². The molecule has 3 aromatic rings. The van der Waals surface area contributed by atoms with Gasteiger partial charge in [0.15, 0.2) is 0 Å². The molecule has 0 saturated carbocycles. The Hall–Kier alpha value is -2.07. The summed E-state index contributed by atoms with van der Waals surface area (Å²) in [5, 5.41) is 7.97. The maximum absolute atomic E-state index is 4.42. The molecular formula is C14H11N3S. The van der Waals surface area contributed by atoms with E-state index in [9.17, 15) is 0 Å². The summed E-state index contributed by atoms with van der Waals surface area (Å²) in [5.41, 5.74) is 3.32. The molecule has 0 fully saturated rings. The first-order valence-electron chi connectivity index (χ1n) is 5.86. The SMILES string of the molecule is c1ccc2c(c1)[nH]c1scc3ncc(cc12)NC3. The van der Waals surface area contributed by atoms with Crippen LogP contribution in [0.3, 0.4) is 0 Å². The quantitative estimate of drug-likeness (QED) is 0.639. The topological polar surface area (TPSA) is 40.7 Å². The molecule has 3 nitrogen and oxygen atoms in total. The number of nitrogens with one attached hydrogen (secondary N) is 2. The number of aromatic amines is 1. The van der Waals surface area contributed by atoms with Gasteiger partial charge in [0.05, 0.1) is 24.1 Å². The first-order valence-corrected chi connectivity index (χ1v) is 6.74. The highest BCUT2D eigenvalue weighted by molar-refractivity contribution is 7.16. The van der Waals surface area contributed by atoms with Crippen molar-refractivity contribution in [2.24, 2.45) is 0 Å². The molecule has 4 heteroatoms. The third-order valence-corrected chi connectivity index (χ3v) is 4.11. The molecule has 2 aliphatic heterocycles. The number of H-pyrrole nitrogens is 1. The van der Waals surface area contributed by atoms with Crippen molar-refractivity contribution in [3.63, 3.8) is 0 Å². The van der Waals surface area contributed by atoms with Gasteiger partial charge in [-0.25, -0.2) is 0 Å².